The Morgan fingerprint density at radius 3 is 1.82 bits per heavy atom. The number of hydrogen-bond donors (Lipinski definition) is 0. The highest BCUT2D eigenvalue weighted by Crippen LogP contribution is 1.93. The van der Waals surface area contributed by atoms with Gasteiger partial charge in [-0.05, 0) is 13.8 Å². The molecule has 1 heterocycles. The number of aromatic nitrogens is 3. The highest BCUT2D eigenvalue weighted by Gasteiger charge is 1.95. The van der Waals surface area contributed by atoms with Gasteiger partial charge in [0.25, 0.3) is 0 Å². The number of rotatable bonds is 1. The van der Waals surface area contributed by atoms with Crippen molar-refractivity contribution in [2.75, 3.05) is 0 Å². The molecule has 0 aliphatic heterocycles. The van der Waals surface area contributed by atoms with Crippen LogP contribution in [0.2, 0.25) is 0 Å². The van der Waals surface area contributed by atoms with Gasteiger partial charge < -0.3 is 0 Å². The van der Waals surface area contributed by atoms with Crippen molar-refractivity contribution in [1.29, 1.82) is 0 Å². The molecule has 0 radical (unpaired) electrons. The molecule has 0 fully saturated rings. The van der Waals surface area contributed by atoms with Gasteiger partial charge in [-0.25, -0.2) is 15.0 Å². The molecule has 1 aromatic rings. The summed E-state index contributed by atoms with van der Waals surface area (Å²) in [6.45, 7) is 5.80. The van der Waals surface area contributed by atoms with Crippen molar-refractivity contribution < 1.29 is 0 Å². The second-order valence-corrected chi connectivity index (χ2v) is 2.20. The zero-order valence-electron chi connectivity index (χ0n) is 6.55. The first-order valence-corrected chi connectivity index (χ1v) is 3.40. The van der Waals surface area contributed by atoms with Gasteiger partial charge in [0.05, 0.1) is 0 Å². The molecule has 3 nitrogen and oxygen atoms in total. The van der Waals surface area contributed by atoms with E-state index >= 15 is 0 Å². The van der Waals surface area contributed by atoms with Crippen LogP contribution in [0.25, 0.3) is 0 Å². The average molecular weight is 153 g/mol. The third-order valence-corrected chi connectivity index (χ3v) is 1.22. The van der Waals surface area contributed by atoms with Crippen molar-refractivity contribution in [2.45, 2.75) is 34.6 Å². The lowest BCUT2D eigenvalue weighted by molar-refractivity contribution is 0.830. The molecule has 11 heavy (non-hydrogen) atoms. The van der Waals surface area contributed by atoms with E-state index in [1.807, 2.05) is 20.8 Å². The van der Waals surface area contributed by atoms with Gasteiger partial charge in [-0.2, -0.15) is 0 Å². The van der Waals surface area contributed by atoms with Crippen LogP contribution >= 0.6 is 0 Å². The molecule has 0 aliphatic rings. The maximum Gasteiger partial charge on any atom is 0.132 e. The summed E-state index contributed by atoms with van der Waals surface area (Å²) in [7, 11) is 0. The van der Waals surface area contributed by atoms with Crippen molar-refractivity contribution in [1.82, 2.24) is 15.0 Å². The first-order chi connectivity index (χ1) is 4.72. The molecule has 0 aromatic carbocycles. The van der Waals surface area contributed by atoms with Crippen LogP contribution < -0.4 is 0 Å². The molecule has 3 heteroatoms. The van der Waals surface area contributed by atoms with Crippen molar-refractivity contribution >= 4 is 0 Å². The molecule has 1 aromatic heterocycles. The van der Waals surface area contributed by atoms with E-state index in [1.165, 1.54) is 0 Å². The minimum absolute atomic E-state index is 0. The Bertz CT molecular complexity index is 213. The maximum absolute atomic E-state index is 4.13. The van der Waals surface area contributed by atoms with E-state index < -0.39 is 0 Å². The van der Waals surface area contributed by atoms with Gasteiger partial charge in [-0.3, -0.25) is 0 Å². The molecule has 1 rings (SSSR count). The second kappa shape index (κ2) is 4.01. The fourth-order valence-corrected chi connectivity index (χ4v) is 0.841. The highest BCUT2D eigenvalue weighted by atomic mass is 15.0. The Morgan fingerprint density at radius 2 is 1.45 bits per heavy atom. The van der Waals surface area contributed by atoms with Gasteiger partial charge in [0.2, 0.25) is 0 Å². The summed E-state index contributed by atoms with van der Waals surface area (Å²) < 4.78 is 0. The van der Waals surface area contributed by atoms with E-state index in [2.05, 4.69) is 15.0 Å². The van der Waals surface area contributed by atoms with Crippen LogP contribution in [-0.4, -0.2) is 15.0 Å². The van der Waals surface area contributed by atoms with Crippen molar-refractivity contribution in [2.24, 2.45) is 0 Å². The van der Waals surface area contributed by atoms with Crippen LogP contribution in [0.4, 0.5) is 0 Å². The van der Waals surface area contributed by atoms with Gasteiger partial charge >= 0.3 is 0 Å². The monoisotopic (exact) mass is 153 g/mol. The highest BCUT2D eigenvalue weighted by molar-refractivity contribution is 4.93. The molecule has 0 unspecified atom stereocenters. The van der Waals surface area contributed by atoms with E-state index in [0.29, 0.717) is 0 Å². The van der Waals surface area contributed by atoms with E-state index in [9.17, 15) is 0 Å². The number of hydrogen-bond acceptors (Lipinski definition) is 3. The normalized spacial score (nSPS) is 9.00. The average Bonchev–Trinajstić information content (AvgIpc) is 1.85. The van der Waals surface area contributed by atoms with Crippen LogP contribution in [-0.2, 0) is 6.42 Å². The van der Waals surface area contributed by atoms with Crippen LogP contribution in [0.5, 0.6) is 0 Å². The smallest absolute Gasteiger partial charge is 0.132 e. The SMILES string of the molecule is C.CCc1nc(C)nc(C)n1. The molecular formula is C8H15N3. The number of aryl methyl sites for hydroxylation is 3. The van der Waals surface area contributed by atoms with Crippen molar-refractivity contribution in [3.8, 4) is 0 Å². The predicted octanol–water partition coefficient (Wildman–Crippen LogP) is 1.69. The third kappa shape index (κ3) is 2.62. The van der Waals surface area contributed by atoms with Crippen LogP contribution in [0.15, 0.2) is 0 Å². The summed E-state index contributed by atoms with van der Waals surface area (Å²) in [5.41, 5.74) is 0. The first kappa shape index (κ1) is 10.0. The first-order valence-electron chi connectivity index (χ1n) is 3.40. The zero-order chi connectivity index (χ0) is 7.56. The van der Waals surface area contributed by atoms with Gasteiger partial charge in [-0.1, -0.05) is 14.4 Å². The zero-order valence-corrected chi connectivity index (χ0v) is 6.55. The molecule has 0 bridgehead atoms. The van der Waals surface area contributed by atoms with E-state index in [0.717, 1.165) is 23.9 Å². The van der Waals surface area contributed by atoms with Crippen molar-refractivity contribution in [3.05, 3.63) is 17.5 Å². The predicted molar refractivity (Wildman–Crippen MR) is 45.4 cm³/mol. The summed E-state index contributed by atoms with van der Waals surface area (Å²) in [5.74, 6) is 2.50. The molecular weight excluding hydrogens is 138 g/mol. The lowest BCUT2D eigenvalue weighted by Crippen LogP contribution is -2.00. The van der Waals surface area contributed by atoms with Gasteiger partial charge in [-0.15, -0.1) is 0 Å². The lowest BCUT2D eigenvalue weighted by atomic mass is 10.4. The Balaban J connectivity index is 0.000001000. The minimum atomic E-state index is 0. The van der Waals surface area contributed by atoms with E-state index in [-0.39, 0.29) is 7.43 Å². The molecule has 0 saturated heterocycles. The maximum atomic E-state index is 4.13. The summed E-state index contributed by atoms with van der Waals surface area (Å²) >= 11 is 0. The summed E-state index contributed by atoms with van der Waals surface area (Å²) in [6, 6.07) is 0. The van der Waals surface area contributed by atoms with Crippen LogP contribution in [0, 0.1) is 13.8 Å². The van der Waals surface area contributed by atoms with Gasteiger partial charge in [0.15, 0.2) is 0 Å². The van der Waals surface area contributed by atoms with E-state index in [1.54, 1.807) is 0 Å². The Morgan fingerprint density at radius 1 is 1.00 bits per heavy atom. The van der Waals surface area contributed by atoms with Crippen LogP contribution in [0.1, 0.15) is 31.8 Å². The fraction of sp³-hybridized carbons (Fsp3) is 0.625. The summed E-state index contributed by atoms with van der Waals surface area (Å²) in [5, 5.41) is 0. The number of nitrogens with zero attached hydrogens (tertiary/aromatic N) is 3. The molecule has 0 aliphatic carbocycles. The summed E-state index contributed by atoms with van der Waals surface area (Å²) in [6.07, 6.45) is 0.879. The Labute approximate surface area is 67.9 Å². The van der Waals surface area contributed by atoms with Crippen LogP contribution in [0.3, 0.4) is 0 Å². The molecule has 0 saturated carbocycles. The van der Waals surface area contributed by atoms with Crippen molar-refractivity contribution in [3.63, 3.8) is 0 Å². The Kier molecular flexibility index (Phi) is 3.65. The largest absolute Gasteiger partial charge is 0.219 e. The second-order valence-electron chi connectivity index (χ2n) is 2.20. The standard InChI is InChI=1S/C7H11N3.CH4/c1-4-7-9-5(2)8-6(3)10-7;/h4H2,1-3H3;1H4. The minimum Gasteiger partial charge on any atom is -0.219 e. The fourth-order valence-electron chi connectivity index (χ4n) is 0.841. The third-order valence-electron chi connectivity index (χ3n) is 1.22. The molecule has 62 valence electrons. The van der Waals surface area contributed by atoms with Gasteiger partial charge in [0.1, 0.15) is 17.5 Å². The topological polar surface area (TPSA) is 38.7 Å². The molecule has 0 spiro atoms. The van der Waals surface area contributed by atoms with E-state index in [4.69, 9.17) is 0 Å². The Hall–Kier alpha value is -0.990. The molecule has 0 N–H and O–H groups in total. The quantitative estimate of drug-likeness (QED) is 0.616. The van der Waals surface area contributed by atoms with Gasteiger partial charge in [0, 0.05) is 6.42 Å². The lowest BCUT2D eigenvalue weighted by Gasteiger charge is -1.97. The molecule has 0 atom stereocenters. The molecule has 0 amide bonds. The summed E-state index contributed by atoms with van der Waals surface area (Å²) in [4.78, 5) is 12.3.